The molecule has 0 bridgehead atoms. The topological polar surface area (TPSA) is 42.2 Å². The monoisotopic (exact) mass is 266 g/mol. The van der Waals surface area contributed by atoms with Crippen LogP contribution in [-0.4, -0.2) is 27.0 Å². The van der Waals surface area contributed by atoms with E-state index in [1.54, 1.807) is 12.4 Å². The van der Waals surface area contributed by atoms with E-state index in [0.29, 0.717) is 0 Å². The number of hydrogen-bond donors (Lipinski definition) is 1. The maximum absolute atomic E-state index is 5.74. The second-order valence-corrected chi connectivity index (χ2v) is 5.63. The summed E-state index contributed by atoms with van der Waals surface area (Å²) in [5.41, 5.74) is 1.22. The summed E-state index contributed by atoms with van der Waals surface area (Å²) < 4.78 is 1.82. The van der Waals surface area contributed by atoms with Gasteiger partial charge in [0, 0.05) is 24.8 Å². The average Bonchev–Trinajstić information content (AvgIpc) is 2.82. The molecule has 0 aliphatic heterocycles. The Labute approximate surface area is 112 Å². The fourth-order valence-corrected chi connectivity index (χ4v) is 2.08. The molecule has 5 heteroatoms. The van der Waals surface area contributed by atoms with E-state index < -0.39 is 0 Å². The van der Waals surface area contributed by atoms with Gasteiger partial charge in [0.1, 0.15) is 5.52 Å². The first-order chi connectivity index (χ1) is 8.62. The summed E-state index contributed by atoms with van der Waals surface area (Å²) in [5.74, 6) is 1.61. The standard InChI is InChI=1S/C13H19ClN4/c1-13(2,5-3-6-14)10-16-12-11-4-7-17-18(11)9-8-15-12/h4,7-9H,3,5-6,10H2,1-2H3,(H,15,16). The molecule has 0 aliphatic carbocycles. The molecule has 2 aromatic heterocycles. The smallest absolute Gasteiger partial charge is 0.152 e. The first-order valence-corrected chi connectivity index (χ1v) is 6.74. The third-order valence-electron chi connectivity index (χ3n) is 3.05. The Bertz CT molecular complexity index is 506. The van der Waals surface area contributed by atoms with Gasteiger partial charge in [-0.15, -0.1) is 11.6 Å². The van der Waals surface area contributed by atoms with Gasteiger partial charge in [0.25, 0.3) is 0 Å². The Morgan fingerprint density at radius 3 is 3.00 bits per heavy atom. The lowest BCUT2D eigenvalue weighted by Gasteiger charge is -2.25. The van der Waals surface area contributed by atoms with Crippen molar-refractivity contribution in [2.24, 2.45) is 5.41 Å². The number of nitrogens with one attached hydrogen (secondary N) is 1. The van der Waals surface area contributed by atoms with Crippen LogP contribution in [0.1, 0.15) is 26.7 Å². The molecule has 0 atom stereocenters. The van der Waals surface area contributed by atoms with Crippen LogP contribution >= 0.6 is 11.6 Å². The van der Waals surface area contributed by atoms with Crippen molar-refractivity contribution in [2.45, 2.75) is 26.7 Å². The molecular formula is C13H19ClN4. The fourth-order valence-electron chi connectivity index (χ4n) is 1.95. The Morgan fingerprint density at radius 2 is 2.22 bits per heavy atom. The highest BCUT2D eigenvalue weighted by Gasteiger charge is 2.17. The maximum Gasteiger partial charge on any atom is 0.152 e. The third-order valence-corrected chi connectivity index (χ3v) is 3.31. The summed E-state index contributed by atoms with van der Waals surface area (Å²) >= 11 is 5.74. The molecule has 4 nitrogen and oxygen atoms in total. The van der Waals surface area contributed by atoms with E-state index >= 15 is 0 Å². The summed E-state index contributed by atoms with van der Waals surface area (Å²) in [6.45, 7) is 5.36. The maximum atomic E-state index is 5.74. The first kappa shape index (κ1) is 13.1. The summed E-state index contributed by atoms with van der Waals surface area (Å²) in [5, 5.41) is 7.60. The Kier molecular flexibility index (Phi) is 4.07. The molecule has 2 rings (SSSR count). The van der Waals surface area contributed by atoms with Crippen molar-refractivity contribution in [1.82, 2.24) is 14.6 Å². The molecule has 0 aromatic carbocycles. The molecule has 1 N–H and O–H groups in total. The number of hydrogen-bond acceptors (Lipinski definition) is 3. The molecule has 18 heavy (non-hydrogen) atoms. The number of fused-ring (bicyclic) bond motifs is 1. The van der Waals surface area contributed by atoms with Crippen molar-refractivity contribution in [1.29, 1.82) is 0 Å². The lowest BCUT2D eigenvalue weighted by Crippen LogP contribution is -2.23. The van der Waals surface area contributed by atoms with Crippen LogP contribution in [-0.2, 0) is 0 Å². The lowest BCUT2D eigenvalue weighted by atomic mass is 9.88. The Hall–Kier alpha value is -1.29. The molecule has 0 aliphatic rings. The SMILES string of the molecule is CC(C)(CCCCl)CNc1nccn2nccc12. The van der Waals surface area contributed by atoms with Crippen LogP contribution in [0.2, 0.25) is 0 Å². The summed E-state index contributed by atoms with van der Waals surface area (Å²) in [4.78, 5) is 4.36. The number of nitrogens with zero attached hydrogens (tertiary/aromatic N) is 3. The number of alkyl halides is 1. The van der Waals surface area contributed by atoms with Crippen LogP contribution in [0.3, 0.4) is 0 Å². The summed E-state index contributed by atoms with van der Waals surface area (Å²) in [6, 6.07) is 1.96. The van der Waals surface area contributed by atoms with Crippen LogP contribution in [0.25, 0.3) is 5.52 Å². The van der Waals surface area contributed by atoms with Crippen molar-refractivity contribution in [3.63, 3.8) is 0 Å². The van der Waals surface area contributed by atoms with Gasteiger partial charge in [0.15, 0.2) is 5.82 Å². The van der Waals surface area contributed by atoms with Gasteiger partial charge < -0.3 is 5.32 Å². The van der Waals surface area contributed by atoms with Gasteiger partial charge in [-0.3, -0.25) is 0 Å². The molecular weight excluding hydrogens is 248 g/mol. The van der Waals surface area contributed by atoms with Gasteiger partial charge in [0.2, 0.25) is 0 Å². The largest absolute Gasteiger partial charge is 0.368 e. The molecule has 0 spiro atoms. The van der Waals surface area contributed by atoms with E-state index in [4.69, 9.17) is 11.6 Å². The molecule has 2 aromatic rings. The molecule has 0 saturated carbocycles. The molecule has 2 heterocycles. The quantitative estimate of drug-likeness (QED) is 0.817. The van der Waals surface area contributed by atoms with Crippen LogP contribution < -0.4 is 5.32 Å². The second kappa shape index (κ2) is 5.57. The van der Waals surface area contributed by atoms with Gasteiger partial charge in [-0.1, -0.05) is 13.8 Å². The number of anilines is 1. The van der Waals surface area contributed by atoms with Gasteiger partial charge in [-0.25, -0.2) is 9.50 Å². The predicted molar refractivity (Wildman–Crippen MR) is 75.2 cm³/mol. The van der Waals surface area contributed by atoms with Crippen LogP contribution in [0.4, 0.5) is 5.82 Å². The highest BCUT2D eigenvalue weighted by Crippen LogP contribution is 2.24. The van der Waals surface area contributed by atoms with Crippen molar-refractivity contribution < 1.29 is 0 Å². The molecule has 0 unspecified atom stereocenters. The van der Waals surface area contributed by atoms with Crippen molar-refractivity contribution in [3.8, 4) is 0 Å². The lowest BCUT2D eigenvalue weighted by molar-refractivity contribution is 0.355. The van der Waals surface area contributed by atoms with Crippen LogP contribution in [0, 0.1) is 5.41 Å². The minimum absolute atomic E-state index is 0.212. The van der Waals surface area contributed by atoms with Crippen LogP contribution in [0.15, 0.2) is 24.7 Å². The highest BCUT2D eigenvalue weighted by molar-refractivity contribution is 6.17. The van der Waals surface area contributed by atoms with Crippen LogP contribution in [0.5, 0.6) is 0 Å². The zero-order valence-corrected chi connectivity index (χ0v) is 11.6. The average molecular weight is 267 g/mol. The molecule has 0 saturated heterocycles. The summed E-state index contributed by atoms with van der Waals surface area (Å²) in [6.07, 6.45) is 7.53. The molecule has 0 amide bonds. The van der Waals surface area contributed by atoms with Gasteiger partial charge in [0.05, 0.1) is 6.20 Å². The third kappa shape index (κ3) is 3.13. The highest BCUT2D eigenvalue weighted by atomic mass is 35.5. The Morgan fingerprint density at radius 1 is 1.39 bits per heavy atom. The second-order valence-electron chi connectivity index (χ2n) is 5.25. The van der Waals surface area contributed by atoms with E-state index in [-0.39, 0.29) is 5.41 Å². The normalized spacial score (nSPS) is 11.9. The molecule has 98 valence electrons. The fraction of sp³-hybridized carbons (Fsp3) is 0.538. The van der Waals surface area contributed by atoms with Crippen molar-refractivity contribution >= 4 is 22.9 Å². The van der Waals surface area contributed by atoms with Gasteiger partial charge in [-0.2, -0.15) is 5.10 Å². The molecule has 0 radical (unpaired) electrons. The number of rotatable bonds is 6. The zero-order chi connectivity index (χ0) is 13.0. The minimum atomic E-state index is 0.212. The van der Waals surface area contributed by atoms with E-state index in [1.165, 1.54) is 0 Å². The van der Waals surface area contributed by atoms with Crippen molar-refractivity contribution in [3.05, 3.63) is 24.7 Å². The van der Waals surface area contributed by atoms with E-state index in [1.807, 2.05) is 16.8 Å². The predicted octanol–water partition coefficient (Wildman–Crippen LogP) is 3.19. The van der Waals surface area contributed by atoms with E-state index in [9.17, 15) is 0 Å². The molecule has 0 fully saturated rings. The number of halogens is 1. The van der Waals surface area contributed by atoms with E-state index in [0.717, 1.165) is 36.6 Å². The van der Waals surface area contributed by atoms with Crippen molar-refractivity contribution in [2.75, 3.05) is 17.7 Å². The zero-order valence-electron chi connectivity index (χ0n) is 10.9. The summed E-state index contributed by atoms with van der Waals surface area (Å²) in [7, 11) is 0. The van der Waals surface area contributed by atoms with Gasteiger partial charge in [-0.05, 0) is 24.3 Å². The first-order valence-electron chi connectivity index (χ1n) is 6.21. The number of aromatic nitrogens is 3. The Balaban J connectivity index is 2.03. The van der Waals surface area contributed by atoms with E-state index in [2.05, 4.69) is 29.2 Å². The van der Waals surface area contributed by atoms with Gasteiger partial charge >= 0.3 is 0 Å². The minimum Gasteiger partial charge on any atom is -0.368 e.